The number of hydrogen-bond donors (Lipinski definition) is 0. The van der Waals surface area contributed by atoms with Crippen molar-refractivity contribution in [1.29, 1.82) is 0 Å². The lowest BCUT2D eigenvalue weighted by molar-refractivity contribution is 0.587. The van der Waals surface area contributed by atoms with Crippen molar-refractivity contribution in [2.24, 2.45) is 0 Å². The summed E-state index contributed by atoms with van der Waals surface area (Å²) in [6, 6.07) is 0. The second kappa shape index (κ2) is 5.11. The van der Waals surface area contributed by atoms with Crippen molar-refractivity contribution in [1.82, 2.24) is 0 Å². The molecule has 0 bridgehead atoms. The first-order chi connectivity index (χ1) is 5.91. The molecular weight excluding hydrogens is 198 g/mol. The highest BCUT2D eigenvalue weighted by Crippen LogP contribution is 2.11. The molecule has 0 atom stereocenters. The minimum atomic E-state index is -3.88. The van der Waals surface area contributed by atoms with Crippen LogP contribution in [0.4, 0.5) is 8.78 Å². The second-order valence-corrected chi connectivity index (χ2v) is 4.08. The van der Waals surface area contributed by atoms with Gasteiger partial charge in [0.15, 0.2) is 9.84 Å². The fraction of sp³-hybridized carbons (Fsp3) is 0.500. The lowest BCUT2D eigenvalue weighted by Gasteiger charge is -1.92. The smallest absolute Gasteiger partial charge is 0.198 e. The lowest BCUT2D eigenvalue weighted by atomic mass is 10.5. The predicted octanol–water partition coefficient (Wildman–Crippen LogP) is 2.84. The van der Waals surface area contributed by atoms with Crippen molar-refractivity contribution in [3.05, 3.63) is 22.5 Å². The molecule has 0 radical (unpaired) electrons. The van der Waals surface area contributed by atoms with Crippen LogP contribution in [0.5, 0.6) is 0 Å². The SMILES string of the molecule is CCC(F)=CS(=O)(=O)C=C(F)CC. The minimum absolute atomic E-state index is 0.0131. The molecule has 0 amide bonds. The quantitative estimate of drug-likeness (QED) is 0.715. The van der Waals surface area contributed by atoms with Crippen LogP contribution in [0.2, 0.25) is 0 Å². The van der Waals surface area contributed by atoms with Gasteiger partial charge in [0.05, 0.1) is 10.8 Å². The molecule has 0 saturated carbocycles. The average Bonchev–Trinajstić information content (AvgIpc) is 2.02. The molecular formula is C8H12F2O2S. The van der Waals surface area contributed by atoms with Crippen LogP contribution in [-0.4, -0.2) is 8.42 Å². The predicted molar refractivity (Wildman–Crippen MR) is 47.9 cm³/mol. The topological polar surface area (TPSA) is 34.1 Å². The largest absolute Gasteiger partial charge is 0.220 e. The molecule has 0 aliphatic heterocycles. The summed E-state index contributed by atoms with van der Waals surface area (Å²) >= 11 is 0. The van der Waals surface area contributed by atoms with E-state index in [4.69, 9.17) is 0 Å². The highest BCUT2D eigenvalue weighted by Gasteiger charge is 2.06. The molecule has 5 heteroatoms. The van der Waals surface area contributed by atoms with Crippen LogP contribution in [0.25, 0.3) is 0 Å². The Balaban J connectivity index is 4.81. The van der Waals surface area contributed by atoms with Crippen LogP contribution in [-0.2, 0) is 9.84 Å². The Morgan fingerprint density at radius 3 is 1.62 bits per heavy atom. The van der Waals surface area contributed by atoms with Crippen LogP contribution in [0.15, 0.2) is 22.5 Å². The first-order valence-electron chi connectivity index (χ1n) is 3.88. The zero-order valence-electron chi connectivity index (χ0n) is 7.55. The number of sulfone groups is 1. The fourth-order valence-corrected chi connectivity index (χ4v) is 1.67. The third-order valence-electron chi connectivity index (χ3n) is 1.26. The summed E-state index contributed by atoms with van der Waals surface area (Å²) in [4.78, 5) is 0. The lowest BCUT2D eigenvalue weighted by Crippen LogP contribution is -1.91. The molecule has 0 aromatic rings. The standard InChI is InChI=1S/C8H12F2O2S/c1-3-7(9)5-13(11,12)6-8(10)4-2/h5-6H,3-4H2,1-2H3. The monoisotopic (exact) mass is 210 g/mol. The van der Waals surface area contributed by atoms with Crippen molar-refractivity contribution in [2.75, 3.05) is 0 Å². The molecule has 0 N–H and O–H groups in total. The van der Waals surface area contributed by atoms with E-state index in [0.29, 0.717) is 10.8 Å². The molecule has 0 aromatic carbocycles. The summed E-state index contributed by atoms with van der Waals surface area (Å²) in [5, 5.41) is 0.866. The molecule has 0 aromatic heterocycles. The molecule has 0 spiro atoms. The van der Waals surface area contributed by atoms with E-state index in [0.717, 1.165) is 0 Å². The van der Waals surface area contributed by atoms with E-state index in [1.165, 1.54) is 13.8 Å². The van der Waals surface area contributed by atoms with Gasteiger partial charge in [0.2, 0.25) is 0 Å². The van der Waals surface area contributed by atoms with E-state index in [1.807, 2.05) is 0 Å². The summed E-state index contributed by atoms with van der Waals surface area (Å²) < 4.78 is 46.9. The normalized spacial score (nSPS) is 14.8. The maximum atomic E-state index is 12.5. The number of hydrogen-bond acceptors (Lipinski definition) is 2. The van der Waals surface area contributed by atoms with Crippen LogP contribution in [0, 0.1) is 0 Å². The maximum absolute atomic E-state index is 12.5. The summed E-state index contributed by atoms with van der Waals surface area (Å²) in [5.74, 6) is -1.56. The fourth-order valence-electron chi connectivity index (χ4n) is 0.557. The Bertz CT molecular complexity index is 289. The molecule has 0 aliphatic carbocycles. The molecule has 76 valence electrons. The van der Waals surface area contributed by atoms with Gasteiger partial charge in [-0.1, -0.05) is 13.8 Å². The van der Waals surface area contributed by atoms with Crippen molar-refractivity contribution in [3.8, 4) is 0 Å². The Morgan fingerprint density at radius 1 is 1.08 bits per heavy atom. The van der Waals surface area contributed by atoms with E-state index in [1.54, 1.807) is 0 Å². The van der Waals surface area contributed by atoms with Gasteiger partial charge in [-0.05, 0) is 12.8 Å². The molecule has 0 heterocycles. The third-order valence-corrected chi connectivity index (χ3v) is 2.43. The van der Waals surface area contributed by atoms with Crippen LogP contribution in [0.3, 0.4) is 0 Å². The Labute approximate surface area is 76.9 Å². The molecule has 2 nitrogen and oxygen atoms in total. The van der Waals surface area contributed by atoms with E-state index in [9.17, 15) is 17.2 Å². The van der Waals surface area contributed by atoms with E-state index >= 15 is 0 Å². The van der Waals surface area contributed by atoms with Gasteiger partial charge >= 0.3 is 0 Å². The Kier molecular flexibility index (Phi) is 4.83. The van der Waals surface area contributed by atoms with E-state index in [-0.39, 0.29) is 12.8 Å². The van der Waals surface area contributed by atoms with E-state index in [2.05, 4.69) is 0 Å². The first-order valence-corrected chi connectivity index (χ1v) is 5.49. The highest BCUT2D eigenvalue weighted by atomic mass is 32.2. The molecule has 0 aliphatic rings. The second-order valence-electron chi connectivity index (χ2n) is 2.43. The van der Waals surface area contributed by atoms with Gasteiger partial charge < -0.3 is 0 Å². The van der Waals surface area contributed by atoms with Crippen molar-refractivity contribution < 1.29 is 17.2 Å². The molecule has 0 saturated heterocycles. The van der Waals surface area contributed by atoms with Gasteiger partial charge in [0.25, 0.3) is 0 Å². The molecule has 0 fully saturated rings. The van der Waals surface area contributed by atoms with Crippen molar-refractivity contribution >= 4 is 9.84 Å². The maximum Gasteiger partial charge on any atom is 0.198 e. The number of rotatable bonds is 4. The summed E-state index contributed by atoms with van der Waals surface area (Å²) in [6.45, 7) is 2.95. The summed E-state index contributed by atoms with van der Waals surface area (Å²) in [6.07, 6.45) is -0.0262. The Hall–Kier alpha value is -0.710. The van der Waals surface area contributed by atoms with Gasteiger partial charge in [0.1, 0.15) is 11.7 Å². The molecule has 0 rings (SSSR count). The van der Waals surface area contributed by atoms with Crippen LogP contribution in [0.1, 0.15) is 26.7 Å². The minimum Gasteiger partial charge on any atom is -0.220 e. The van der Waals surface area contributed by atoms with Crippen molar-refractivity contribution in [2.45, 2.75) is 26.7 Å². The molecule has 13 heavy (non-hydrogen) atoms. The van der Waals surface area contributed by atoms with Crippen LogP contribution >= 0.6 is 0 Å². The third kappa shape index (κ3) is 5.52. The summed E-state index contributed by atoms with van der Waals surface area (Å²) in [7, 11) is -3.88. The Morgan fingerprint density at radius 2 is 1.38 bits per heavy atom. The van der Waals surface area contributed by atoms with Gasteiger partial charge in [-0.3, -0.25) is 0 Å². The average molecular weight is 210 g/mol. The van der Waals surface area contributed by atoms with Gasteiger partial charge in [-0.15, -0.1) is 0 Å². The zero-order valence-corrected chi connectivity index (χ0v) is 8.37. The summed E-state index contributed by atoms with van der Waals surface area (Å²) in [5.41, 5.74) is 0. The van der Waals surface area contributed by atoms with Crippen molar-refractivity contribution in [3.63, 3.8) is 0 Å². The number of allylic oxidation sites excluding steroid dienone is 2. The first kappa shape index (κ1) is 12.3. The van der Waals surface area contributed by atoms with Gasteiger partial charge in [-0.25, -0.2) is 17.2 Å². The van der Waals surface area contributed by atoms with Crippen LogP contribution < -0.4 is 0 Å². The number of halogens is 2. The van der Waals surface area contributed by atoms with Gasteiger partial charge in [0, 0.05) is 0 Å². The zero-order chi connectivity index (χ0) is 10.5. The molecule has 0 unspecified atom stereocenters. The highest BCUT2D eigenvalue weighted by molar-refractivity contribution is 7.97. The van der Waals surface area contributed by atoms with Gasteiger partial charge in [-0.2, -0.15) is 0 Å². The van der Waals surface area contributed by atoms with E-state index < -0.39 is 21.5 Å².